The topological polar surface area (TPSA) is 26.3 Å². The van der Waals surface area contributed by atoms with Gasteiger partial charge in [-0.25, -0.2) is 0 Å². The van der Waals surface area contributed by atoms with E-state index in [0.717, 1.165) is 12.0 Å². The van der Waals surface area contributed by atoms with E-state index < -0.39 is 0 Å². The molecule has 0 bridgehead atoms. The maximum absolute atomic E-state index is 10.2. The summed E-state index contributed by atoms with van der Waals surface area (Å²) in [6.45, 7) is 0. The van der Waals surface area contributed by atoms with E-state index in [1.54, 1.807) is 31.4 Å². The van der Waals surface area contributed by atoms with E-state index in [-0.39, 0.29) is 24.0 Å². The molecule has 0 amide bonds. The van der Waals surface area contributed by atoms with Gasteiger partial charge >= 0.3 is 0 Å². The zero-order valence-corrected chi connectivity index (χ0v) is 8.44. The predicted octanol–water partition coefficient (Wildman–Crippen LogP) is 2.13. The fourth-order valence-electron chi connectivity index (χ4n) is 0.682. The van der Waals surface area contributed by atoms with Gasteiger partial charge < -0.3 is 4.74 Å². The van der Waals surface area contributed by atoms with Gasteiger partial charge in [-0.2, -0.15) is 0 Å². The third-order valence-electron chi connectivity index (χ3n) is 1.25. The van der Waals surface area contributed by atoms with Crippen molar-refractivity contribution in [3.63, 3.8) is 0 Å². The SMILES string of the molecule is COc1ccc(C=O)cc1.I. The number of rotatable bonds is 2. The Morgan fingerprint density at radius 3 is 2.18 bits per heavy atom. The molecule has 3 heteroatoms. The Bertz CT molecular complexity index is 218. The zero-order valence-electron chi connectivity index (χ0n) is 6.11. The van der Waals surface area contributed by atoms with E-state index in [1.165, 1.54) is 0 Å². The van der Waals surface area contributed by atoms with Crippen molar-refractivity contribution in [1.82, 2.24) is 0 Å². The maximum atomic E-state index is 10.2. The second kappa shape index (κ2) is 5.12. The molecule has 1 aromatic rings. The number of carbonyl (C=O) groups excluding carboxylic acids is 1. The Kier molecular flexibility index (Phi) is 4.85. The minimum atomic E-state index is 0. The summed E-state index contributed by atoms with van der Waals surface area (Å²) >= 11 is 0. The molecule has 0 spiro atoms. The number of halogens is 1. The van der Waals surface area contributed by atoms with E-state index in [0.29, 0.717) is 5.56 Å². The summed E-state index contributed by atoms with van der Waals surface area (Å²) < 4.78 is 4.90. The highest BCUT2D eigenvalue weighted by Gasteiger charge is 1.89. The average molecular weight is 264 g/mol. The number of hydrogen-bond acceptors (Lipinski definition) is 2. The van der Waals surface area contributed by atoms with Crippen LogP contribution >= 0.6 is 24.0 Å². The molecule has 11 heavy (non-hydrogen) atoms. The van der Waals surface area contributed by atoms with E-state index >= 15 is 0 Å². The van der Waals surface area contributed by atoms with Crippen LogP contribution in [0.2, 0.25) is 0 Å². The van der Waals surface area contributed by atoms with Crippen molar-refractivity contribution < 1.29 is 9.53 Å². The third-order valence-corrected chi connectivity index (χ3v) is 1.25. The van der Waals surface area contributed by atoms with Crippen LogP contribution in [0.4, 0.5) is 0 Å². The minimum Gasteiger partial charge on any atom is -0.497 e. The van der Waals surface area contributed by atoms with Crippen LogP contribution in [0, 0.1) is 0 Å². The molecule has 2 nitrogen and oxygen atoms in total. The lowest BCUT2D eigenvalue weighted by Gasteiger charge is -1.96. The summed E-state index contributed by atoms with van der Waals surface area (Å²) in [7, 11) is 1.59. The van der Waals surface area contributed by atoms with E-state index in [4.69, 9.17) is 4.74 Å². The number of benzene rings is 1. The summed E-state index contributed by atoms with van der Waals surface area (Å²) in [5, 5.41) is 0. The predicted molar refractivity (Wildman–Crippen MR) is 53.8 cm³/mol. The molecule has 0 aliphatic rings. The first-order valence-corrected chi connectivity index (χ1v) is 2.96. The maximum Gasteiger partial charge on any atom is 0.150 e. The smallest absolute Gasteiger partial charge is 0.150 e. The van der Waals surface area contributed by atoms with Crippen LogP contribution in [0.25, 0.3) is 0 Å². The zero-order chi connectivity index (χ0) is 7.40. The molecule has 0 aromatic heterocycles. The van der Waals surface area contributed by atoms with Gasteiger partial charge in [-0.1, -0.05) is 0 Å². The fourth-order valence-corrected chi connectivity index (χ4v) is 0.682. The summed E-state index contributed by atoms with van der Waals surface area (Å²) in [5.74, 6) is 0.769. The van der Waals surface area contributed by atoms with Crippen molar-refractivity contribution in [2.45, 2.75) is 0 Å². The highest BCUT2D eigenvalue weighted by Crippen LogP contribution is 2.09. The second-order valence-electron chi connectivity index (χ2n) is 1.89. The lowest BCUT2D eigenvalue weighted by atomic mass is 10.2. The summed E-state index contributed by atoms with van der Waals surface area (Å²) in [5.41, 5.74) is 0.667. The molecule has 0 radical (unpaired) electrons. The largest absolute Gasteiger partial charge is 0.497 e. The first-order chi connectivity index (χ1) is 4.86. The Hall–Kier alpha value is -0.580. The molecule has 0 fully saturated rings. The van der Waals surface area contributed by atoms with Crippen molar-refractivity contribution in [2.24, 2.45) is 0 Å². The van der Waals surface area contributed by atoms with Crippen LogP contribution in [-0.2, 0) is 0 Å². The third kappa shape index (κ3) is 2.88. The van der Waals surface area contributed by atoms with Crippen LogP contribution in [0.3, 0.4) is 0 Å². The van der Waals surface area contributed by atoms with Crippen molar-refractivity contribution >= 4 is 30.3 Å². The lowest BCUT2D eigenvalue weighted by Crippen LogP contribution is -1.82. The van der Waals surface area contributed by atoms with Gasteiger partial charge in [0.05, 0.1) is 7.11 Å². The van der Waals surface area contributed by atoms with Gasteiger partial charge in [0.25, 0.3) is 0 Å². The van der Waals surface area contributed by atoms with Crippen molar-refractivity contribution in [2.75, 3.05) is 7.11 Å². The first-order valence-electron chi connectivity index (χ1n) is 2.96. The molecule has 0 atom stereocenters. The van der Waals surface area contributed by atoms with Crippen LogP contribution in [0.1, 0.15) is 10.4 Å². The monoisotopic (exact) mass is 264 g/mol. The quantitative estimate of drug-likeness (QED) is 0.604. The molecule has 60 valence electrons. The summed E-state index contributed by atoms with van der Waals surface area (Å²) in [6, 6.07) is 6.94. The Morgan fingerprint density at radius 2 is 1.82 bits per heavy atom. The Morgan fingerprint density at radius 1 is 1.27 bits per heavy atom. The number of hydrogen-bond donors (Lipinski definition) is 0. The van der Waals surface area contributed by atoms with Gasteiger partial charge in [0.2, 0.25) is 0 Å². The molecule has 0 heterocycles. The van der Waals surface area contributed by atoms with E-state index in [2.05, 4.69) is 0 Å². The molecule has 1 rings (SSSR count). The number of carbonyl (C=O) groups is 1. The van der Waals surface area contributed by atoms with Gasteiger partial charge in [-0.3, -0.25) is 4.79 Å². The van der Waals surface area contributed by atoms with Crippen molar-refractivity contribution in [3.05, 3.63) is 29.8 Å². The summed E-state index contributed by atoms with van der Waals surface area (Å²) in [4.78, 5) is 10.2. The Balaban J connectivity index is 0.000001000. The van der Waals surface area contributed by atoms with Gasteiger partial charge in [0.15, 0.2) is 0 Å². The normalized spacial score (nSPS) is 8.09. The molecule has 0 unspecified atom stereocenters. The Labute approximate surface area is 82.6 Å². The first kappa shape index (κ1) is 10.4. The van der Waals surface area contributed by atoms with Crippen LogP contribution in [0.15, 0.2) is 24.3 Å². The van der Waals surface area contributed by atoms with Crippen molar-refractivity contribution in [3.8, 4) is 5.75 Å². The van der Waals surface area contributed by atoms with E-state index in [1.807, 2.05) is 0 Å². The van der Waals surface area contributed by atoms with Gasteiger partial charge in [0.1, 0.15) is 12.0 Å². The van der Waals surface area contributed by atoms with Gasteiger partial charge in [-0.15, -0.1) is 24.0 Å². The van der Waals surface area contributed by atoms with Crippen LogP contribution < -0.4 is 4.74 Å². The van der Waals surface area contributed by atoms with Crippen LogP contribution in [-0.4, -0.2) is 13.4 Å². The average Bonchev–Trinajstić information content (AvgIpc) is 2.05. The standard InChI is InChI=1S/C8H8O2.HI/c1-10-8-4-2-7(6-9)3-5-8;/h2-6H,1H3;1H. The molecule has 1 aromatic carbocycles. The highest BCUT2D eigenvalue weighted by molar-refractivity contribution is 14.0. The van der Waals surface area contributed by atoms with Gasteiger partial charge in [-0.05, 0) is 24.3 Å². The second-order valence-corrected chi connectivity index (χ2v) is 1.89. The highest BCUT2D eigenvalue weighted by atomic mass is 127. The molecule has 0 aliphatic carbocycles. The number of aldehydes is 1. The fraction of sp³-hybridized carbons (Fsp3) is 0.125. The molecule has 0 saturated heterocycles. The number of methoxy groups -OCH3 is 1. The lowest BCUT2D eigenvalue weighted by molar-refractivity contribution is 0.112. The minimum absolute atomic E-state index is 0. The number of ether oxygens (including phenoxy) is 1. The van der Waals surface area contributed by atoms with Crippen molar-refractivity contribution in [1.29, 1.82) is 0 Å². The summed E-state index contributed by atoms with van der Waals surface area (Å²) in [6.07, 6.45) is 0.805. The van der Waals surface area contributed by atoms with E-state index in [9.17, 15) is 4.79 Å². The van der Waals surface area contributed by atoms with Crippen LogP contribution in [0.5, 0.6) is 5.75 Å². The molecular formula is C8H9IO2. The van der Waals surface area contributed by atoms with Gasteiger partial charge in [0, 0.05) is 5.56 Å². The molecule has 0 N–H and O–H groups in total. The molecule has 0 aliphatic heterocycles. The molecular weight excluding hydrogens is 255 g/mol. The molecule has 0 saturated carbocycles.